The molecule has 1 atom stereocenters. The molecule has 5 rings (SSSR count). The second kappa shape index (κ2) is 13.4. The van der Waals surface area contributed by atoms with Gasteiger partial charge in [-0.3, -0.25) is 9.59 Å². The predicted octanol–water partition coefficient (Wildman–Crippen LogP) is 6.95. The first-order chi connectivity index (χ1) is 20.3. The fourth-order valence-corrected chi connectivity index (χ4v) is 5.69. The molecule has 0 radical (unpaired) electrons. The molecular weight excluding hydrogens is 571 g/mol. The van der Waals surface area contributed by atoms with E-state index in [-0.39, 0.29) is 12.6 Å². The van der Waals surface area contributed by atoms with Crippen LogP contribution < -0.4 is 4.90 Å². The van der Waals surface area contributed by atoms with E-state index in [2.05, 4.69) is 28.9 Å². The van der Waals surface area contributed by atoms with Crippen molar-refractivity contribution in [2.24, 2.45) is 0 Å². The van der Waals surface area contributed by atoms with Crippen LogP contribution in [-0.4, -0.2) is 44.9 Å². The van der Waals surface area contributed by atoms with Crippen LogP contribution in [-0.2, 0) is 24.2 Å². The molecule has 1 N–H and O–H groups in total. The van der Waals surface area contributed by atoms with Gasteiger partial charge in [-0.2, -0.15) is 0 Å². The highest BCUT2D eigenvalue weighted by atomic mass is 35.5. The van der Waals surface area contributed by atoms with Crippen LogP contribution in [0.1, 0.15) is 57.2 Å². The van der Waals surface area contributed by atoms with E-state index in [4.69, 9.17) is 28.2 Å². The molecule has 42 heavy (non-hydrogen) atoms. The first kappa shape index (κ1) is 29.5. The number of rotatable bonds is 10. The Labute approximate surface area is 255 Å². The quantitative estimate of drug-likeness (QED) is 0.211. The van der Waals surface area contributed by atoms with Crippen molar-refractivity contribution in [2.75, 3.05) is 18.0 Å². The number of hydrogen-bond acceptors (Lipinski definition) is 5. The minimum Gasteiger partial charge on any atom is -0.480 e. The maximum Gasteiger partial charge on any atom is 0.323 e. The molecule has 9 heteroatoms. The lowest BCUT2D eigenvalue weighted by Crippen LogP contribution is -2.36. The van der Waals surface area contributed by atoms with E-state index in [0.717, 1.165) is 36.1 Å². The van der Waals surface area contributed by atoms with Crippen LogP contribution in [0, 0.1) is 6.92 Å². The van der Waals surface area contributed by atoms with Gasteiger partial charge < -0.3 is 14.9 Å². The van der Waals surface area contributed by atoms with Gasteiger partial charge in [0, 0.05) is 29.3 Å². The molecule has 4 aromatic rings. The number of anilines is 1. The molecule has 1 aliphatic rings. The summed E-state index contributed by atoms with van der Waals surface area (Å²) in [4.78, 5) is 38.8. The van der Waals surface area contributed by atoms with Gasteiger partial charge in [-0.15, -0.1) is 0 Å². The molecule has 2 heterocycles. The lowest BCUT2D eigenvalue weighted by atomic mass is 10.0. The number of carbonyl (C=O) groups is 2. The van der Waals surface area contributed by atoms with Crippen molar-refractivity contribution in [3.8, 4) is 0 Å². The van der Waals surface area contributed by atoms with Crippen molar-refractivity contribution in [3.63, 3.8) is 0 Å². The van der Waals surface area contributed by atoms with Crippen LogP contribution in [0.4, 0.5) is 5.95 Å². The average molecular weight is 604 g/mol. The Morgan fingerprint density at radius 1 is 0.976 bits per heavy atom. The van der Waals surface area contributed by atoms with Crippen LogP contribution in [0.5, 0.6) is 0 Å². The number of aromatic nitrogens is 2. The smallest absolute Gasteiger partial charge is 0.323 e. The first-order valence-electron chi connectivity index (χ1n) is 14.0. The number of carbonyl (C=O) groups excluding carboxylic acids is 1. The van der Waals surface area contributed by atoms with E-state index in [1.165, 1.54) is 10.5 Å². The van der Waals surface area contributed by atoms with Gasteiger partial charge in [-0.1, -0.05) is 71.7 Å². The molecule has 1 aromatic heterocycles. The maximum absolute atomic E-state index is 13.9. The van der Waals surface area contributed by atoms with Crippen molar-refractivity contribution >= 4 is 41.0 Å². The van der Waals surface area contributed by atoms with E-state index >= 15 is 0 Å². The SMILES string of the molecule is Cc1ccccc1CCc1nc(N2CCC[C@@H]2c2ccc(Cl)cc2)ncc1C(=O)N(CC(=O)O)Cc1ccc(Cl)cc1. The maximum atomic E-state index is 13.9. The normalized spacial score (nSPS) is 14.6. The van der Waals surface area contributed by atoms with Gasteiger partial charge in [-0.25, -0.2) is 9.97 Å². The minimum atomic E-state index is -1.10. The van der Waals surface area contributed by atoms with Crippen molar-refractivity contribution < 1.29 is 14.7 Å². The van der Waals surface area contributed by atoms with Crippen LogP contribution in [0.25, 0.3) is 0 Å². The highest BCUT2D eigenvalue weighted by Crippen LogP contribution is 2.35. The number of carboxylic acids is 1. The zero-order chi connectivity index (χ0) is 29.6. The Balaban J connectivity index is 1.49. The summed E-state index contributed by atoms with van der Waals surface area (Å²) in [7, 11) is 0. The lowest BCUT2D eigenvalue weighted by Gasteiger charge is -2.27. The molecule has 0 bridgehead atoms. The molecule has 1 fully saturated rings. The van der Waals surface area contributed by atoms with Crippen molar-refractivity contribution in [2.45, 2.75) is 45.2 Å². The highest BCUT2D eigenvalue weighted by molar-refractivity contribution is 6.30. The number of nitrogens with zero attached hydrogens (tertiary/aromatic N) is 4. The van der Waals surface area contributed by atoms with E-state index in [1.807, 2.05) is 36.4 Å². The lowest BCUT2D eigenvalue weighted by molar-refractivity contribution is -0.137. The van der Waals surface area contributed by atoms with Crippen LogP contribution in [0.3, 0.4) is 0 Å². The zero-order valence-corrected chi connectivity index (χ0v) is 24.9. The van der Waals surface area contributed by atoms with Crippen molar-refractivity contribution in [3.05, 3.63) is 123 Å². The molecule has 0 unspecified atom stereocenters. The number of aryl methyl sites for hydroxylation is 3. The predicted molar refractivity (Wildman–Crippen MR) is 165 cm³/mol. The monoisotopic (exact) mass is 602 g/mol. The van der Waals surface area contributed by atoms with Crippen molar-refractivity contribution in [1.29, 1.82) is 0 Å². The highest BCUT2D eigenvalue weighted by Gasteiger charge is 2.30. The number of amides is 1. The Bertz CT molecular complexity index is 1560. The summed E-state index contributed by atoms with van der Waals surface area (Å²) in [5, 5.41) is 10.9. The van der Waals surface area contributed by atoms with Crippen molar-refractivity contribution in [1.82, 2.24) is 14.9 Å². The summed E-state index contributed by atoms with van der Waals surface area (Å²) in [6.07, 6.45) is 4.69. The molecule has 0 saturated carbocycles. The van der Waals surface area contributed by atoms with Crippen LogP contribution in [0.2, 0.25) is 10.0 Å². The van der Waals surface area contributed by atoms with Gasteiger partial charge in [-0.05, 0) is 79.1 Å². The molecule has 3 aromatic carbocycles. The Kier molecular flexibility index (Phi) is 9.40. The molecule has 1 saturated heterocycles. The summed E-state index contributed by atoms with van der Waals surface area (Å²) in [5.41, 5.74) is 5.15. The molecule has 1 amide bonds. The zero-order valence-electron chi connectivity index (χ0n) is 23.3. The van der Waals surface area contributed by atoms with Gasteiger partial charge in [0.15, 0.2) is 0 Å². The van der Waals surface area contributed by atoms with Gasteiger partial charge in [0.1, 0.15) is 6.54 Å². The Morgan fingerprint density at radius 3 is 2.36 bits per heavy atom. The van der Waals surface area contributed by atoms with Gasteiger partial charge in [0.05, 0.1) is 17.3 Å². The van der Waals surface area contributed by atoms with E-state index < -0.39 is 18.4 Å². The van der Waals surface area contributed by atoms with E-state index in [9.17, 15) is 14.7 Å². The third-order valence-electron chi connectivity index (χ3n) is 7.64. The number of carboxylic acid groups (broad SMARTS) is 1. The third-order valence-corrected chi connectivity index (χ3v) is 8.15. The Hall–Kier alpha value is -3.94. The number of halogens is 2. The molecule has 0 spiro atoms. The second-order valence-corrected chi connectivity index (χ2v) is 11.4. The Morgan fingerprint density at radius 2 is 1.67 bits per heavy atom. The fourth-order valence-electron chi connectivity index (χ4n) is 5.44. The largest absolute Gasteiger partial charge is 0.480 e. The van der Waals surface area contributed by atoms with E-state index in [1.54, 1.807) is 30.5 Å². The van der Waals surface area contributed by atoms with Gasteiger partial charge in [0.25, 0.3) is 5.91 Å². The topological polar surface area (TPSA) is 86.6 Å². The second-order valence-electron chi connectivity index (χ2n) is 10.5. The summed E-state index contributed by atoms with van der Waals surface area (Å²) < 4.78 is 0. The van der Waals surface area contributed by atoms with Gasteiger partial charge in [0.2, 0.25) is 5.95 Å². The minimum absolute atomic E-state index is 0.0986. The fraction of sp³-hybridized carbons (Fsp3) is 0.273. The average Bonchev–Trinajstić information content (AvgIpc) is 3.47. The number of hydrogen-bond donors (Lipinski definition) is 1. The van der Waals surface area contributed by atoms with Crippen LogP contribution in [0.15, 0.2) is 79.0 Å². The molecule has 7 nitrogen and oxygen atoms in total. The van der Waals surface area contributed by atoms with E-state index in [0.29, 0.717) is 40.1 Å². The standard InChI is InChI=1S/C33H32Cl2N4O3/c1-22-5-2-3-6-24(22)12-17-29-28(32(42)38(21-31(40)41)20-23-8-13-26(34)14-9-23)19-36-33(37-29)39-18-4-7-30(39)25-10-15-27(35)16-11-25/h2-3,5-6,8-11,13-16,19,30H,4,7,12,17-18,20-21H2,1H3,(H,40,41)/t30-/m1/s1. The summed E-state index contributed by atoms with van der Waals surface area (Å²) in [6, 6.07) is 23.1. The summed E-state index contributed by atoms with van der Waals surface area (Å²) >= 11 is 12.2. The first-order valence-corrected chi connectivity index (χ1v) is 14.7. The summed E-state index contributed by atoms with van der Waals surface area (Å²) in [6.45, 7) is 2.52. The molecule has 1 aliphatic heterocycles. The van der Waals surface area contributed by atoms with Gasteiger partial charge >= 0.3 is 5.97 Å². The summed E-state index contributed by atoms with van der Waals surface area (Å²) in [5.74, 6) is -0.959. The number of benzene rings is 3. The molecule has 0 aliphatic carbocycles. The third kappa shape index (κ3) is 7.09. The number of aliphatic carboxylic acids is 1. The van der Waals surface area contributed by atoms with Crippen LogP contribution >= 0.6 is 23.2 Å². The molecule has 216 valence electrons. The molecular formula is C33H32Cl2N4O3.